The maximum absolute atomic E-state index is 12.1. The summed E-state index contributed by atoms with van der Waals surface area (Å²) in [5, 5.41) is 14.8. The maximum Gasteiger partial charge on any atom is 0.247 e. The normalized spacial score (nSPS) is 15.6. The highest BCUT2D eigenvalue weighted by atomic mass is 16.5. The van der Waals surface area contributed by atoms with Crippen molar-refractivity contribution in [1.82, 2.24) is 25.2 Å². The van der Waals surface area contributed by atoms with Crippen LogP contribution in [0.3, 0.4) is 0 Å². The number of carbonyl (C=O) groups is 1. The van der Waals surface area contributed by atoms with Crippen molar-refractivity contribution in [2.75, 3.05) is 38.0 Å². The predicted octanol–water partition coefficient (Wildman–Crippen LogP) is 1.79. The molecule has 0 spiro atoms. The van der Waals surface area contributed by atoms with E-state index in [0.29, 0.717) is 36.4 Å². The van der Waals surface area contributed by atoms with Gasteiger partial charge in [0.25, 0.3) is 0 Å². The van der Waals surface area contributed by atoms with Crippen molar-refractivity contribution in [3.63, 3.8) is 0 Å². The summed E-state index contributed by atoms with van der Waals surface area (Å²) in [5.74, 6) is 2.17. The Morgan fingerprint density at radius 3 is 2.57 bits per heavy atom. The average Bonchev–Trinajstić information content (AvgIpc) is 3.33. The first kappa shape index (κ1) is 18.3. The summed E-state index contributed by atoms with van der Waals surface area (Å²) < 4.78 is 10.7. The van der Waals surface area contributed by atoms with E-state index in [9.17, 15) is 4.79 Å². The molecule has 2 aromatic heterocycles. The SMILES string of the molecule is Cc1cc(NC(=O)CN2CCN(Cc3nnc(-c4ccccc4)o3)CC2)no1. The molecule has 3 heterocycles. The van der Waals surface area contributed by atoms with E-state index in [0.717, 1.165) is 31.7 Å². The third-order valence-corrected chi connectivity index (χ3v) is 4.57. The Morgan fingerprint density at radius 1 is 1.11 bits per heavy atom. The van der Waals surface area contributed by atoms with Gasteiger partial charge in [-0.05, 0) is 19.1 Å². The Morgan fingerprint density at radius 2 is 1.86 bits per heavy atom. The number of rotatable bonds is 6. The fourth-order valence-electron chi connectivity index (χ4n) is 3.12. The van der Waals surface area contributed by atoms with Crippen LogP contribution in [0.4, 0.5) is 5.82 Å². The number of aromatic nitrogens is 3. The van der Waals surface area contributed by atoms with Crippen LogP contribution in [0.15, 0.2) is 45.3 Å². The number of hydrogen-bond acceptors (Lipinski definition) is 8. The third-order valence-electron chi connectivity index (χ3n) is 4.57. The van der Waals surface area contributed by atoms with E-state index in [1.807, 2.05) is 30.3 Å². The molecule has 0 unspecified atom stereocenters. The smallest absolute Gasteiger partial charge is 0.247 e. The van der Waals surface area contributed by atoms with Gasteiger partial charge in [-0.1, -0.05) is 23.4 Å². The van der Waals surface area contributed by atoms with Crippen molar-refractivity contribution in [2.24, 2.45) is 0 Å². The first-order chi connectivity index (χ1) is 13.7. The minimum absolute atomic E-state index is 0.0915. The van der Waals surface area contributed by atoms with Crippen LogP contribution in [0.1, 0.15) is 11.7 Å². The van der Waals surface area contributed by atoms with Gasteiger partial charge in [0, 0.05) is 37.8 Å². The molecular formula is C19H22N6O3. The van der Waals surface area contributed by atoms with Crippen molar-refractivity contribution in [3.05, 3.63) is 48.0 Å². The summed E-state index contributed by atoms with van der Waals surface area (Å²) in [4.78, 5) is 16.5. The van der Waals surface area contributed by atoms with Crippen LogP contribution in [0, 0.1) is 6.92 Å². The molecule has 4 rings (SSSR count). The lowest BCUT2D eigenvalue weighted by atomic mass is 10.2. The highest BCUT2D eigenvalue weighted by Crippen LogP contribution is 2.18. The molecule has 1 aliphatic heterocycles. The summed E-state index contributed by atoms with van der Waals surface area (Å²) in [5.41, 5.74) is 0.916. The largest absolute Gasteiger partial charge is 0.419 e. The van der Waals surface area contributed by atoms with Crippen LogP contribution >= 0.6 is 0 Å². The molecule has 9 heteroatoms. The molecular weight excluding hydrogens is 360 g/mol. The van der Waals surface area contributed by atoms with Gasteiger partial charge in [-0.15, -0.1) is 10.2 Å². The molecule has 1 fully saturated rings. The quantitative estimate of drug-likeness (QED) is 0.689. The number of benzene rings is 1. The molecule has 0 saturated carbocycles. The lowest BCUT2D eigenvalue weighted by Crippen LogP contribution is -2.48. The molecule has 1 saturated heterocycles. The van der Waals surface area contributed by atoms with Gasteiger partial charge in [-0.2, -0.15) is 0 Å². The average molecular weight is 382 g/mol. The van der Waals surface area contributed by atoms with Gasteiger partial charge in [0.1, 0.15) is 5.76 Å². The second-order valence-electron chi connectivity index (χ2n) is 6.79. The maximum atomic E-state index is 12.1. The Balaban J connectivity index is 1.23. The predicted molar refractivity (Wildman–Crippen MR) is 101 cm³/mol. The van der Waals surface area contributed by atoms with E-state index >= 15 is 0 Å². The van der Waals surface area contributed by atoms with E-state index in [2.05, 4.69) is 30.5 Å². The van der Waals surface area contributed by atoms with Crippen molar-refractivity contribution in [2.45, 2.75) is 13.5 Å². The molecule has 3 aromatic rings. The standard InChI is InChI=1S/C19H22N6O3/c1-14-11-16(23-28-14)20-17(26)12-24-7-9-25(10-8-24)13-18-21-22-19(27-18)15-5-3-2-4-6-15/h2-6,11H,7-10,12-13H2,1H3,(H,20,23,26). The van der Waals surface area contributed by atoms with Crippen LogP contribution in [0.5, 0.6) is 0 Å². The second-order valence-corrected chi connectivity index (χ2v) is 6.79. The molecule has 0 aliphatic carbocycles. The monoisotopic (exact) mass is 382 g/mol. The van der Waals surface area contributed by atoms with E-state index in [1.54, 1.807) is 13.0 Å². The Bertz CT molecular complexity index is 915. The summed E-state index contributed by atoms with van der Waals surface area (Å²) in [6, 6.07) is 11.4. The number of aryl methyl sites for hydroxylation is 1. The number of piperazine rings is 1. The second kappa shape index (κ2) is 8.32. The zero-order valence-corrected chi connectivity index (χ0v) is 15.7. The zero-order chi connectivity index (χ0) is 19.3. The molecule has 28 heavy (non-hydrogen) atoms. The van der Waals surface area contributed by atoms with Gasteiger partial charge < -0.3 is 14.3 Å². The van der Waals surface area contributed by atoms with Gasteiger partial charge in [0.2, 0.25) is 17.7 Å². The summed E-state index contributed by atoms with van der Waals surface area (Å²) >= 11 is 0. The first-order valence-corrected chi connectivity index (χ1v) is 9.21. The van der Waals surface area contributed by atoms with E-state index in [4.69, 9.17) is 8.94 Å². The van der Waals surface area contributed by atoms with E-state index in [1.165, 1.54) is 0 Å². The molecule has 1 aliphatic rings. The molecule has 146 valence electrons. The lowest BCUT2D eigenvalue weighted by molar-refractivity contribution is -0.117. The number of carbonyl (C=O) groups excluding carboxylic acids is 1. The number of hydrogen-bond donors (Lipinski definition) is 1. The molecule has 1 N–H and O–H groups in total. The topological polar surface area (TPSA) is 101 Å². The molecule has 1 amide bonds. The Labute approximate surface area is 162 Å². The summed E-state index contributed by atoms with van der Waals surface area (Å²) in [6.45, 7) is 5.99. The molecule has 9 nitrogen and oxygen atoms in total. The lowest BCUT2D eigenvalue weighted by Gasteiger charge is -2.33. The van der Waals surface area contributed by atoms with Crippen molar-refractivity contribution < 1.29 is 13.7 Å². The molecule has 0 bridgehead atoms. The van der Waals surface area contributed by atoms with Gasteiger partial charge in [0.05, 0.1) is 13.1 Å². The fourth-order valence-corrected chi connectivity index (χ4v) is 3.12. The summed E-state index contributed by atoms with van der Waals surface area (Å²) in [7, 11) is 0. The van der Waals surface area contributed by atoms with Crippen molar-refractivity contribution in [1.29, 1.82) is 0 Å². The van der Waals surface area contributed by atoms with E-state index < -0.39 is 0 Å². The summed E-state index contributed by atoms with van der Waals surface area (Å²) in [6.07, 6.45) is 0. The van der Waals surface area contributed by atoms with Gasteiger partial charge in [-0.3, -0.25) is 14.6 Å². The molecule has 0 radical (unpaired) electrons. The highest BCUT2D eigenvalue weighted by Gasteiger charge is 2.21. The van der Waals surface area contributed by atoms with Crippen LogP contribution in [-0.2, 0) is 11.3 Å². The van der Waals surface area contributed by atoms with E-state index in [-0.39, 0.29) is 5.91 Å². The van der Waals surface area contributed by atoms with Gasteiger partial charge in [-0.25, -0.2) is 0 Å². The minimum Gasteiger partial charge on any atom is -0.419 e. The van der Waals surface area contributed by atoms with Crippen LogP contribution in [0.2, 0.25) is 0 Å². The first-order valence-electron chi connectivity index (χ1n) is 9.21. The van der Waals surface area contributed by atoms with Crippen molar-refractivity contribution in [3.8, 4) is 11.5 Å². The minimum atomic E-state index is -0.0915. The van der Waals surface area contributed by atoms with Crippen LogP contribution in [-0.4, -0.2) is 63.8 Å². The van der Waals surface area contributed by atoms with Crippen LogP contribution < -0.4 is 5.32 Å². The Hall–Kier alpha value is -3.04. The number of nitrogens with one attached hydrogen (secondary N) is 1. The van der Waals surface area contributed by atoms with Gasteiger partial charge in [0.15, 0.2) is 5.82 Å². The molecule has 0 atom stereocenters. The number of amides is 1. The fraction of sp³-hybridized carbons (Fsp3) is 0.368. The third kappa shape index (κ3) is 4.62. The molecule has 1 aromatic carbocycles. The highest BCUT2D eigenvalue weighted by molar-refractivity contribution is 5.91. The Kier molecular flexibility index (Phi) is 5.45. The van der Waals surface area contributed by atoms with Crippen LogP contribution in [0.25, 0.3) is 11.5 Å². The van der Waals surface area contributed by atoms with Gasteiger partial charge >= 0.3 is 0 Å². The van der Waals surface area contributed by atoms with Crippen molar-refractivity contribution >= 4 is 11.7 Å². The zero-order valence-electron chi connectivity index (χ0n) is 15.7. The number of nitrogens with zero attached hydrogens (tertiary/aromatic N) is 5. The number of anilines is 1.